The second-order valence-corrected chi connectivity index (χ2v) is 7.67. The van der Waals surface area contributed by atoms with Gasteiger partial charge < -0.3 is 10.1 Å². The van der Waals surface area contributed by atoms with E-state index in [4.69, 9.17) is 4.74 Å². The maximum absolute atomic E-state index is 12.9. The van der Waals surface area contributed by atoms with E-state index in [1.165, 1.54) is 19.2 Å². The molecule has 0 saturated carbocycles. The van der Waals surface area contributed by atoms with Crippen LogP contribution < -0.4 is 14.8 Å². The van der Waals surface area contributed by atoms with E-state index in [0.717, 1.165) is 6.07 Å². The number of hydrogen-bond donors (Lipinski definition) is 2. The summed E-state index contributed by atoms with van der Waals surface area (Å²) >= 11 is 0. The summed E-state index contributed by atoms with van der Waals surface area (Å²) in [6.07, 6.45) is 0. The lowest BCUT2D eigenvalue weighted by atomic mass is 10.2. The number of benzene rings is 2. The monoisotopic (exact) mass is 379 g/mol. The molecule has 0 bridgehead atoms. The van der Waals surface area contributed by atoms with Gasteiger partial charge in [0.05, 0.1) is 23.4 Å². The first-order valence-corrected chi connectivity index (χ1v) is 9.41. The highest BCUT2D eigenvalue weighted by Crippen LogP contribution is 2.31. The molecule has 0 heterocycles. The van der Waals surface area contributed by atoms with Gasteiger partial charge in [-0.2, -0.15) is 0 Å². The number of sulfonamides is 1. The van der Waals surface area contributed by atoms with Crippen LogP contribution in [0.4, 0.5) is 17.1 Å². The minimum Gasteiger partial charge on any atom is -0.495 e. The lowest BCUT2D eigenvalue weighted by Crippen LogP contribution is -2.17. The van der Waals surface area contributed by atoms with Crippen molar-refractivity contribution in [2.24, 2.45) is 5.92 Å². The molecular weight excluding hydrogens is 358 g/mol. The van der Waals surface area contributed by atoms with Crippen molar-refractivity contribution in [2.75, 3.05) is 23.7 Å². The van der Waals surface area contributed by atoms with Gasteiger partial charge in [0.15, 0.2) is 0 Å². The summed E-state index contributed by atoms with van der Waals surface area (Å²) in [5, 5.41) is 14.1. The highest BCUT2D eigenvalue weighted by atomic mass is 32.2. The number of para-hydroxylation sites is 2. The van der Waals surface area contributed by atoms with Gasteiger partial charge in [-0.25, -0.2) is 8.42 Å². The van der Waals surface area contributed by atoms with Crippen LogP contribution in [0.15, 0.2) is 47.4 Å². The Balaban J connectivity index is 2.48. The van der Waals surface area contributed by atoms with Crippen molar-refractivity contribution in [3.63, 3.8) is 0 Å². The maximum Gasteiger partial charge on any atom is 0.270 e. The normalized spacial score (nSPS) is 11.2. The van der Waals surface area contributed by atoms with Crippen molar-refractivity contribution in [3.8, 4) is 5.75 Å². The lowest BCUT2D eigenvalue weighted by molar-refractivity contribution is -0.385. The van der Waals surface area contributed by atoms with Gasteiger partial charge in [0.2, 0.25) is 0 Å². The average molecular weight is 379 g/mol. The highest BCUT2D eigenvalue weighted by molar-refractivity contribution is 7.93. The van der Waals surface area contributed by atoms with Gasteiger partial charge in [0.1, 0.15) is 10.6 Å². The molecule has 0 aliphatic carbocycles. The Morgan fingerprint density at radius 1 is 1.15 bits per heavy atom. The molecule has 0 radical (unpaired) electrons. The number of hydrogen-bond acceptors (Lipinski definition) is 6. The molecule has 0 atom stereocenters. The minimum atomic E-state index is -4.08. The number of non-ortho nitro benzene ring substituents is 1. The summed E-state index contributed by atoms with van der Waals surface area (Å²) < 4.78 is 33.3. The first-order chi connectivity index (χ1) is 12.2. The molecule has 0 amide bonds. The van der Waals surface area contributed by atoms with Crippen LogP contribution in [0.1, 0.15) is 13.8 Å². The van der Waals surface area contributed by atoms with Gasteiger partial charge >= 0.3 is 0 Å². The van der Waals surface area contributed by atoms with Crippen LogP contribution in [-0.4, -0.2) is 27.0 Å². The number of nitrogens with one attached hydrogen (secondary N) is 2. The van der Waals surface area contributed by atoms with E-state index < -0.39 is 14.9 Å². The standard InChI is InChI=1S/C17H21N3O5S/c1-12(2)11-18-15-9-8-13(20(21)22)10-17(15)26(23,24)19-14-6-4-5-7-16(14)25-3/h4-10,12,18-19H,11H2,1-3H3. The van der Waals surface area contributed by atoms with Crippen LogP contribution in [0.5, 0.6) is 5.75 Å². The summed E-state index contributed by atoms with van der Waals surface area (Å²) in [7, 11) is -2.65. The zero-order valence-corrected chi connectivity index (χ0v) is 15.5. The third kappa shape index (κ3) is 4.63. The zero-order valence-electron chi connectivity index (χ0n) is 14.7. The Morgan fingerprint density at radius 3 is 2.46 bits per heavy atom. The molecular formula is C17H21N3O5S. The number of nitro benzene ring substituents is 1. The second kappa shape index (κ2) is 8.05. The smallest absolute Gasteiger partial charge is 0.270 e. The molecule has 2 aromatic carbocycles. The summed E-state index contributed by atoms with van der Waals surface area (Å²) in [6.45, 7) is 4.47. The van der Waals surface area contributed by atoms with Crippen LogP contribution in [0, 0.1) is 16.0 Å². The third-order valence-corrected chi connectivity index (χ3v) is 4.92. The zero-order chi connectivity index (χ0) is 19.3. The fourth-order valence-corrected chi connectivity index (χ4v) is 3.51. The van der Waals surface area contributed by atoms with E-state index >= 15 is 0 Å². The number of nitrogens with zero attached hydrogens (tertiary/aromatic N) is 1. The highest BCUT2D eigenvalue weighted by Gasteiger charge is 2.23. The minimum absolute atomic E-state index is 0.196. The molecule has 9 heteroatoms. The Kier molecular flexibility index (Phi) is 6.04. The lowest BCUT2D eigenvalue weighted by Gasteiger charge is -2.16. The second-order valence-electron chi connectivity index (χ2n) is 6.02. The van der Waals surface area contributed by atoms with E-state index in [2.05, 4.69) is 10.0 Å². The predicted octanol–water partition coefficient (Wildman–Crippen LogP) is 3.47. The van der Waals surface area contributed by atoms with Crippen molar-refractivity contribution < 1.29 is 18.1 Å². The number of anilines is 2. The van der Waals surface area contributed by atoms with Gasteiger partial charge in [-0.3, -0.25) is 14.8 Å². The van der Waals surface area contributed by atoms with Gasteiger partial charge in [-0.05, 0) is 24.1 Å². The molecule has 26 heavy (non-hydrogen) atoms. The first-order valence-electron chi connectivity index (χ1n) is 7.92. The SMILES string of the molecule is COc1ccccc1NS(=O)(=O)c1cc([N+](=O)[O-])ccc1NCC(C)C. The number of rotatable bonds is 8. The van der Waals surface area contributed by atoms with Crippen LogP contribution >= 0.6 is 0 Å². The van der Waals surface area contributed by atoms with E-state index in [0.29, 0.717) is 18.0 Å². The third-order valence-electron chi connectivity index (χ3n) is 3.52. The molecule has 140 valence electrons. The van der Waals surface area contributed by atoms with Gasteiger partial charge in [-0.15, -0.1) is 0 Å². The molecule has 8 nitrogen and oxygen atoms in total. The van der Waals surface area contributed by atoms with Crippen molar-refractivity contribution in [1.82, 2.24) is 0 Å². The largest absolute Gasteiger partial charge is 0.495 e. The summed E-state index contributed by atoms with van der Waals surface area (Å²) in [5.41, 5.74) is 0.239. The maximum atomic E-state index is 12.9. The van der Waals surface area contributed by atoms with E-state index in [9.17, 15) is 18.5 Å². The summed E-state index contributed by atoms with van der Waals surface area (Å²) in [5.74, 6) is 0.612. The van der Waals surface area contributed by atoms with Crippen molar-refractivity contribution >= 4 is 27.1 Å². The topological polar surface area (TPSA) is 111 Å². The molecule has 0 unspecified atom stereocenters. The number of nitro groups is 1. The van der Waals surface area contributed by atoms with E-state index in [-0.39, 0.29) is 22.2 Å². The fourth-order valence-electron chi connectivity index (χ4n) is 2.24. The predicted molar refractivity (Wildman–Crippen MR) is 100 cm³/mol. The molecule has 2 N–H and O–H groups in total. The molecule has 2 rings (SSSR count). The number of ether oxygens (including phenoxy) is 1. The van der Waals surface area contributed by atoms with Crippen molar-refractivity contribution in [1.29, 1.82) is 0 Å². The number of methoxy groups -OCH3 is 1. The molecule has 0 spiro atoms. The van der Waals surface area contributed by atoms with Crippen molar-refractivity contribution in [2.45, 2.75) is 18.7 Å². The Bertz CT molecular complexity index is 897. The molecule has 2 aromatic rings. The van der Waals surface area contributed by atoms with E-state index in [1.807, 2.05) is 13.8 Å². The Hall–Kier alpha value is -2.81. The van der Waals surface area contributed by atoms with Crippen LogP contribution in [0.2, 0.25) is 0 Å². The average Bonchev–Trinajstić information content (AvgIpc) is 2.59. The first kappa shape index (κ1) is 19.5. The van der Waals surface area contributed by atoms with Gasteiger partial charge in [-0.1, -0.05) is 26.0 Å². The molecule has 0 saturated heterocycles. The molecule has 0 aliphatic rings. The molecule has 0 aromatic heterocycles. The Labute approximate surface area is 152 Å². The molecule has 0 fully saturated rings. The quantitative estimate of drug-likeness (QED) is 0.537. The van der Waals surface area contributed by atoms with Crippen LogP contribution in [-0.2, 0) is 10.0 Å². The molecule has 0 aliphatic heterocycles. The van der Waals surface area contributed by atoms with Gasteiger partial charge in [0.25, 0.3) is 15.7 Å². The summed E-state index contributed by atoms with van der Waals surface area (Å²) in [6, 6.07) is 10.2. The van der Waals surface area contributed by atoms with Crippen LogP contribution in [0.25, 0.3) is 0 Å². The van der Waals surface area contributed by atoms with Gasteiger partial charge in [0, 0.05) is 18.7 Å². The fraction of sp³-hybridized carbons (Fsp3) is 0.294. The van der Waals surface area contributed by atoms with Crippen molar-refractivity contribution in [3.05, 3.63) is 52.6 Å². The Morgan fingerprint density at radius 2 is 1.85 bits per heavy atom. The van der Waals surface area contributed by atoms with E-state index in [1.54, 1.807) is 24.3 Å². The van der Waals surface area contributed by atoms with Crippen LogP contribution in [0.3, 0.4) is 0 Å². The summed E-state index contributed by atoms with van der Waals surface area (Å²) in [4.78, 5) is 10.2.